The van der Waals surface area contributed by atoms with E-state index in [2.05, 4.69) is 0 Å². The number of halogens is 1. The van der Waals surface area contributed by atoms with Crippen LogP contribution in [-0.4, -0.2) is 5.78 Å². The van der Waals surface area contributed by atoms with E-state index in [4.69, 9.17) is 16.3 Å². The molecule has 0 amide bonds. The van der Waals surface area contributed by atoms with E-state index >= 15 is 0 Å². The van der Waals surface area contributed by atoms with Crippen molar-refractivity contribution < 1.29 is 9.53 Å². The number of ketones is 1. The number of ether oxygens (including phenoxy) is 1. The molecule has 0 spiro atoms. The number of para-hydroxylation sites is 1. The van der Waals surface area contributed by atoms with Crippen LogP contribution in [0.1, 0.15) is 27.6 Å². The zero-order valence-corrected chi connectivity index (χ0v) is 14.1. The molecule has 122 valence electrons. The molecule has 3 aromatic carbocycles. The Labute approximate surface area is 151 Å². The Morgan fingerprint density at radius 1 is 0.840 bits per heavy atom. The molecule has 4 rings (SSSR count). The Hall–Kier alpha value is -2.84. The van der Waals surface area contributed by atoms with Gasteiger partial charge in [-0.15, -0.1) is 0 Å². The first-order chi connectivity index (χ1) is 12.2. The molecule has 1 heterocycles. The standard InChI is InChI=1S/C22H15ClO2/c23-17-12-10-15(11-13-17)14-19-21(24)18-8-4-5-9-20(18)25-22(19)16-6-2-1-3-7-16/h1-14,22H/b19-14-/t22-/m1/s1. The van der Waals surface area contributed by atoms with Crippen molar-refractivity contribution in [2.24, 2.45) is 0 Å². The van der Waals surface area contributed by atoms with Gasteiger partial charge in [-0.3, -0.25) is 4.79 Å². The number of fused-ring (bicyclic) bond motifs is 1. The van der Waals surface area contributed by atoms with Crippen LogP contribution in [-0.2, 0) is 0 Å². The highest BCUT2D eigenvalue weighted by Crippen LogP contribution is 2.39. The maximum absolute atomic E-state index is 13.1. The zero-order valence-electron chi connectivity index (χ0n) is 13.4. The second-order valence-corrected chi connectivity index (χ2v) is 6.32. The van der Waals surface area contributed by atoms with Crippen molar-refractivity contribution in [3.63, 3.8) is 0 Å². The number of carbonyl (C=O) groups excluding carboxylic acids is 1. The minimum Gasteiger partial charge on any atom is -0.480 e. The number of benzene rings is 3. The van der Waals surface area contributed by atoms with Gasteiger partial charge in [-0.05, 0) is 41.5 Å². The number of hydrogen-bond donors (Lipinski definition) is 0. The van der Waals surface area contributed by atoms with Crippen molar-refractivity contribution in [3.8, 4) is 5.75 Å². The average Bonchev–Trinajstić information content (AvgIpc) is 2.66. The SMILES string of the molecule is O=C1/C(=C/c2ccc(Cl)cc2)[C@@H](c2ccccc2)Oc2ccccc21. The summed E-state index contributed by atoms with van der Waals surface area (Å²) in [5.41, 5.74) is 3.07. The Bertz CT molecular complexity index is 943. The predicted octanol–water partition coefficient (Wildman–Crippen LogP) is 5.74. The van der Waals surface area contributed by atoms with E-state index in [0.717, 1.165) is 11.1 Å². The van der Waals surface area contributed by atoms with Gasteiger partial charge in [0.1, 0.15) is 5.75 Å². The van der Waals surface area contributed by atoms with Gasteiger partial charge >= 0.3 is 0 Å². The quantitative estimate of drug-likeness (QED) is 0.553. The molecule has 0 bridgehead atoms. The van der Waals surface area contributed by atoms with Gasteiger partial charge in [0.05, 0.1) is 5.56 Å². The van der Waals surface area contributed by atoms with Crippen molar-refractivity contribution in [3.05, 3.63) is 106 Å². The van der Waals surface area contributed by atoms with Gasteiger partial charge in [-0.25, -0.2) is 0 Å². The summed E-state index contributed by atoms with van der Waals surface area (Å²) in [4.78, 5) is 13.1. The lowest BCUT2D eigenvalue weighted by Crippen LogP contribution is -2.23. The Morgan fingerprint density at radius 2 is 1.52 bits per heavy atom. The summed E-state index contributed by atoms with van der Waals surface area (Å²) in [5.74, 6) is 0.611. The van der Waals surface area contributed by atoms with Crippen molar-refractivity contribution in [2.45, 2.75) is 6.10 Å². The first-order valence-electron chi connectivity index (χ1n) is 8.05. The van der Waals surface area contributed by atoms with Crippen LogP contribution in [0.2, 0.25) is 5.02 Å². The largest absolute Gasteiger partial charge is 0.480 e. The molecule has 25 heavy (non-hydrogen) atoms. The highest BCUT2D eigenvalue weighted by molar-refractivity contribution is 6.30. The monoisotopic (exact) mass is 346 g/mol. The third-order valence-electron chi connectivity index (χ3n) is 4.22. The maximum atomic E-state index is 13.1. The summed E-state index contributed by atoms with van der Waals surface area (Å²) >= 11 is 5.96. The van der Waals surface area contributed by atoms with Crippen LogP contribution >= 0.6 is 11.6 Å². The van der Waals surface area contributed by atoms with Crippen LogP contribution in [0.3, 0.4) is 0 Å². The molecule has 0 saturated carbocycles. The van der Waals surface area contributed by atoms with E-state index in [1.165, 1.54) is 0 Å². The summed E-state index contributed by atoms with van der Waals surface area (Å²) in [6.45, 7) is 0. The molecule has 0 radical (unpaired) electrons. The second-order valence-electron chi connectivity index (χ2n) is 5.89. The van der Waals surface area contributed by atoms with Crippen LogP contribution in [0, 0.1) is 0 Å². The number of hydrogen-bond acceptors (Lipinski definition) is 2. The number of rotatable bonds is 2. The lowest BCUT2D eigenvalue weighted by atomic mass is 9.89. The molecule has 0 aliphatic carbocycles. The van der Waals surface area contributed by atoms with Gasteiger partial charge in [0.25, 0.3) is 0 Å². The third-order valence-corrected chi connectivity index (χ3v) is 4.47. The number of carbonyl (C=O) groups is 1. The summed E-state index contributed by atoms with van der Waals surface area (Å²) in [5, 5.41) is 0.665. The van der Waals surface area contributed by atoms with Crippen molar-refractivity contribution in [1.29, 1.82) is 0 Å². The van der Waals surface area contributed by atoms with Crippen molar-refractivity contribution in [1.82, 2.24) is 0 Å². The Kier molecular flexibility index (Phi) is 4.12. The maximum Gasteiger partial charge on any atom is 0.196 e. The molecule has 1 aliphatic heterocycles. The smallest absolute Gasteiger partial charge is 0.196 e. The molecular weight excluding hydrogens is 332 g/mol. The molecule has 0 unspecified atom stereocenters. The molecule has 0 N–H and O–H groups in total. The number of Topliss-reactive ketones (excluding diaryl/α,β-unsaturated/α-hetero) is 1. The highest BCUT2D eigenvalue weighted by atomic mass is 35.5. The molecular formula is C22H15ClO2. The average molecular weight is 347 g/mol. The fourth-order valence-corrected chi connectivity index (χ4v) is 3.10. The topological polar surface area (TPSA) is 26.3 Å². The molecule has 2 nitrogen and oxygen atoms in total. The Morgan fingerprint density at radius 3 is 2.28 bits per heavy atom. The van der Waals surface area contributed by atoms with Crippen LogP contribution in [0.25, 0.3) is 6.08 Å². The lowest BCUT2D eigenvalue weighted by Gasteiger charge is -2.28. The Balaban J connectivity index is 1.85. The van der Waals surface area contributed by atoms with Gasteiger partial charge < -0.3 is 4.74 Å². The molecule has 1 aliphatic rings. The molecule has 0 saturated heterocycles. The fourth-order valence-electron chi connectivity index (χ4n) is 2.98. The van der Waals surface area contributed by atoms with Crippen LogP contribution in [0.15, 0.2) is 84.4 Å². The van der Waals surface area contributed by atoms with E-state index < -0.39 is 6.10 Å². The van der Waals surface area contributed by atoms with Gasteiger partial charge in [0.15, 0.2) is 11.9 Å². The fraction of sp³-hybridized carbons (Fsp3) is 0.0455. The van der Waals surface area contributed by atoms with Crippen LogP contribution < -0.4 is 4.74 Å². The van der Waals surface area contributed by atoms with E-state index in [0.29, 0.717) is 21.9 Å². The van der Waals surface area contributed by atoms with Crippen LogP contribution in [0.4, 0.5) is 0 Å². The molecule has 0 fully saturated rings. The summed E-state index contributed by atoms with van der Waals surface area (Å²) in [6.07, 6.45) is 1.45. The van der Waals surface area contributed by atoms with Gasteiger partial charge in [-0.2, -0.15) is 0 Å². The normalized spacial score (nSPS) is 17.9. The summed E-state index contributed by atoms with van der Waals surface area (Å²) < 4.78 is 6.18. The van der Waals surface area contributed by atoms with E-state index in [-0.39, 0.29) is 5.78 Å². The third kappa shape index (κ3) is 3.09. The van der Waals surface area contributed by atoms with Crippen LogP contribution in [0.5, 0.6) is 5.75 Å². The first-order valence-corrected chi connectivity index (χ1v) is 8.42. The van der Waals surface area contributed by atoms with Gasteiger partial charge in [-0.1, -0.05) is 66.2 Å². The minimum atomic E-state index is -0.431. The summed E-state index contributed by atoms with van der Waals surface area (Å²) in [6, 6.07) is 24.6. The van der Waals surface area contributed by atoms with E-state index in [1.54, 1.807) is 6.07 Å². The van der Waals surface area contributed by atoms with Crippen molar-refractivity contribution >= 4 is 23.5 Å². The summed E-state index contributed by atoms with van der Waals surface area (Å²) in [7, 11) is 0. The van der Waals surface area contributed by atoms with Gasteiger partial charge in [0.2, 0.25) is 0 Å². The predicted molar refractivity (Wildman–Crippen MR) is 100 cm³/mol. The second kappa shape index (κ2) is 6.58. The van der Waals surface area contributed by atoms with E-state index in [9.17, 15) is 4.79 Å². The van der Waals surface area contributed by atoms with E-state index in [1.807, 2.05) is 78.9 Å². The first kappa shape index (κ1) is 15.7. The highest BCUT2D eigenvalue weighted by Gasteiger charge is 2.32. The van der Waals surface area contributed by atoms with Gasteiger partial charge in [0, 0.05) is 10.6 Å². The molecule has 3 aromatic rings. The zero-order chi connectivity index (χ0) is 17.2. The van der Waals surface area contributed by atoms with Crippen molar-refractivity contribution in [2.75, 3.05) is 0 Å². The molecule has 3 heteroatoms. The minimum absolute atomic E-state index is 0.00865. The molecule has 1 atom stereocenters. The lowest BCUT2D eigenvalue weighted by molar-refractivity contribution is 0.0963. The molecule has 0 aromatic heterocycles.